The minimum atomic E-state index is -1.41. The first-order valence-electron chi connectivity index (χ1n) is 8.22. The van der Waals surface area contributed by atoms with Crippen LogP contribution in [0.5, 0.6) is 0 Å². The lowest BCUT2D eigenvalue weighted by molar-refractivity contribution is -0.166. The molecule has 0 radical (unpaired) electrons. The number of ether oxygens (including phenoxy) is 4. The molecule has 0 bridgehead atoms. The molecule has 12 nitrogen and oxygen atoms in total. The number of hydrogen-bond acceptors (Lipinski definition) is 10. The SMILES string of the molecule is COC(=O)[C@@H](N)[C@H]1O[C@@H](n2cc(C)c(=O)[nH]c2=O)[C@H](OC(C)=O)[C@@H]1OC(C)=O. The Morgan fingerprint density at radius 2 is 1.75 bits per heavy atom. The topological polar surface area (TPSA) is 169 Å². The Morgan fingerprint density at radius 3 is 2.29 bits per heavy atom. The summed E-state index contributed by atoms with van der Waals surface area (Å²) >= 11 is 0. The van der Waals surface area contributed by atoms with Crippen LogP contribution in [0, 0.1) is 6.92 Å². The summed E-state index contributed by atoms with van der Waals surface area (Å²) < 4.78 is 21.6. The summed E-state index contributed by atoms with van der Waals surface area (Å²) in [5.74, 6) is -2.37. The van der Waals surface area contributed by atoms with E-state index in [1.54, 1.807) is 0 Å². The Kier molecular flexibility index (Phi) is 6.36. The van der Waals surface area contributed by atoms with Crippen LogP contribution in [0.1, 0.15) is 25.6 Å². The number of rotatable bonds is 5. The highest BCUT2D eigenvalue weighted by atomic mass is 16.6. The molecule has 3 N–H and O–H groups in total. The average molecular weight is 399 g/mol. The van der Waals surface area contributed by atoms with Gasteiger partial charge in [-0.1, -0.05) is 0 Å². The van der Waals surface area contributed by atoms with E-state index in [0.29, 0.717) is 0 Å². The summed E-state index contributed by atoms with van der Waals surface area (Å²) in [4.78, 5) is 61.0. The molecular formula is C16H21N3O9. The summed E-state index contributed by atoms with van der Waals surface area (Å²) in [6.07, 6.45) is -4.04. The number of nitrogens with one attached hydrogen (secondary N) is 1. The number of aromatic amines is 1. The quantitative estimate of drug-likeness (QED) is 0.421. The molecule has 28 heavy (non-hydrogen) atoms. The zero-order valence-corrected chi connectivity index (χ0v) is 15.7. The molecule has 0 saturated carbocycles. The van der Waals surface area contributed by atoms with Gasteiger partial charge < -0.3 is 24.7 Å². The van der Waals surface area contributed by atoms with Gasteiger partial charge in [-0.2, -0.15) is 0 Å². The normalized spacial score (nSPS) is 25.0. The van der Waals surface area contributed by atoms with E-state index in [4.69, 9.17) is 19.9 Å². The van der Waals surface area contributed by atoms with Crippen molar-refractivity contribution in [3.8, 4) is 0 Å². The van der Waals surface area contributed by atoms with Crippen molar-refractivity contribution >= 4 is 17.9 Å². The maximum absolute atomic E-state index is 12.3. The largest absolute Gasteiger partial charge is 0.468 e. The zero-order chi connectivity index (χ0) is 21.2. The average Bonchev–Trinajstić information content (AvgIpc) is 2.93. The van der Waals surface area contributed by atoms with Gasteiger partial charge >= 0.3 is 23.6 Å². The van der Waals surface area contributed by atoms with Crippen molar-refractivity contribution in [2.24, 2.45) is 5.73 Å². The van der Waals surface area contributed by atoms with E-state index in [-0.39, 0.29) is 5.56 Å². The highest BCUT2D eigenvalue weighted by Crippen LogP contribution is 2.34. The lowest BCUT2D eigenvalue weighted by Gasteiger charge is -2.25. The van der Waals surface area contributed by atoms with Gasteiger partial charge in [-0.25, -0.2) is 4.79 Å². The third-order valence-corrected chi connectivity index (χ3v) is 4.08. The molecule has 0 spiro atoms. The third-order valence-electron chi connectivity index (χ3n) is 4.08. The molecule has 0 aromatic carbocycles. The standard InChI is InChI=1S/C16H21N3O9/c1-6-5-19(16(24)18-13(6)22)14-12(27-8(3)21)11(26-7(2)20)10(28-14)9(17)15(23)25-4/h5,9-12,14H,17H2,1-4H3,(H,18,22,24)/t9-,10+,11+,12+,14+/m0/s1. The predicted molar refractivity (Wildman–Crippen MR) is 91.1 cm³/mol. The van der Waals surface area contributed by atoms with Gasteiger partial charge in [0, 0.05) is 25.6 Å². The fourth-order valence-corrected chi connectivity index (χ4v) is 2.87. The van der Waals surface area contributed by atoms with Crippen molar-refractivity contribution < 1.29 is 33.3 Å². The van der Waals surface area contributed by atoms with Crippen LogP contribution in [-0.2, 0) is 33.3 Å². The van der Waals surface area contributed by atoms with Crippen LogP contribution in [0.2, 0.25) is 0 Å². The van der Waals surface area contributed by atoms with E-state index in [1.165, 1.54) is 13.1 Å². The number of nitrogens with zero attached hydrogens (tertiary/aromatic N) is 1. The number of hydrogen-bond donors (Lipinski definition) is 2. The first-order chi connectivity index (χ1) is 13.1. The van der Waals surface area contributed by atoms with E-state index >= 15 is 0 Å². The van der Waals surface area contributed by atoms with Gasteiger partial charge in [-0.15, -0.1) is 0 Å². The molecule has 1 fully saturated rings. The number of carbonyl (C=O) groups is 3. The van der Waals surface area contributed by atoms with Crippen LogP contribution in [0.15, 0.2) is 15.8 Å². The number of H-pyrrole nitrogens is 1. The molecule has 0 amide bonds. The minimum Gasteiger partial charge on any atom is -0.468 e. The van der Waals surface area contributed by atoms with Crippen LogP contribution in [-0.4, -0.2) is 58.9 Å². The van der Waals surface area contributed by atoms with Crippen molar-refractivity contribution in [3.05, 3.63) is 32.6 Å². The molecule has 154 valence electrons. The summed E-state index contributed by atoms with van der Waals surface area (Å²) in [6, 6.07) is -1.41. The van der Waals surface area contributed by atoms with E-state index in [9.17, 15) is 24.0 Å². The molecule has 0 unspecified atom stereocenters. The van der Waals surface area contributed by atoms with E-state index in [1.807, 2.05) is 0 Å². The van der Waals surface area contributed by atoms with Crippen molar-refractivity contribution in [3.63, 3.8) is 0 Å². The Bertz CT molecular complexity index is 890. The molecule has 5 atom stereocenters. The number of methoxy groups -OCH3 is 1. The van der Waals surface area contributed by atoms with Crippen LogP contribution in [0.3, 0.4) is 0 Å². The Balaban J connectivity index is 2.57. The Labute approximate surface area is 158 Å². The predicted octanol–water partition coefficient (Wildman–Crippen LogP) is -1.89. The van der Waals surface area contributed by atoms with Crippen molar-refractivity contribution in [2.75, 3.05) is 7.11 Å². The fourth-order valence-electron chi connectivity index (χ4n) is 2.87. The van der Waals surface area contributed by atoms with Crippen LogP contribution >= 0.6 is 0 Å². The molecule has 2 heterocycles. The molecule has 1 aromatic heterocycles. The summed E-state index contributed by atoms with van der Waals surface area (Å²) in [6.45, 7) is 3.66. The van der Waals surface area contributed by atoms with Crippen LogP contribution in [0.4, 0.5) is 0 Å². The van der Waals surface area contributed by atoms with Crippen LogP contribution in [0.25, 0.3) is 0 Å². The van der Waals surface area contributed by atoms with E-state index < -0.39 is 59.7 Å². The van der Waals surface area contributed by atoms with Gasteiger partial charge in [-0.05, 0) is 6.92 Å². The maximum Gasteiger partial charge on any atom is 0.330 e. The monoisotopic (exact) mass is 399 g/mol. The molecule has 1 aliphatic rings. The van der Waals surface area contributed by atoms with E-state index in [0.717, 1.165) is 25.5 Å². The van der Waals surface area contributed by atoms with Crippen molar-refractivity contribution in [1.82, 2.24) is 9.55 Å². The van der Waals surface area contributed by atoms with Gasteiger partial charge in [0.15, 0.2) is 18.4 Å². The molecule has 1 aliphatic heterocycles. The highest BCUT2D eigenvalue weighted by molar-refractivity contribution is 5.76. The first kappa shape index (κ1) is 21.3. The maximum atomic E-state index is 12.3. The van der Waals surface area contributed by atoms with Gasteiger partial charge in [0.1, 0.15) is 12.1 Å². The first-order valence-corrected chi connectivity index (χ1v) is 8.22. The molecule has 1 saturated heterocycles. The third kappa shape index (κ3) is 4.28. The number of aromatic nitrogens is 2. The molecule has 0 aliphatic carbocycles. The van der Waals surface area contributed by atoms with Crippen LogP contribution < -0.4 is 17.0 Å². The molecular weight excluding hydrogens is 378 g/mol. The highest BCUT2D eigenvalue weighted by Gasteiger charge is 2.54. The zero-order valence-electron chi connectivity index (χ0n) is 15.7. The second-order valence-electron chi connectivity index (χ2n) is 6.17. The molecule has 2 rings (SSSR count). The van der Waals surface area contributed by atoms with Gasteiger partial charge in [0.2, 0.25) is 0 Å². The number of esters is 3. The van der Waals surface area contributed by atoms with Crippen molar-refractivity contribution in [1.29, 1.82) is 0 Å². The second kappa shape index (κ2) is 8.35. The second-order valence-corrected chi connectivity index (χ2v) is 6.17. The lowest BCUT2D eigenvalue weighted by Crippen LogP contribution is -2.50. The smallest absolute Gasteiger partial charge is 0.330 e. The van der Waals surface area contributed by atoms with Gasteiger partial charge in [-0.3, -0.25) is 28.7 Å². The number of aryl methyl sites for hydroxylation is 1. The Morgan fingerprint density at radius 1 is 1.18 bits per heavy atom. The lowest BCUT2D eigenvalue weighted by atomic mass is 10.0. The number of carbonyl (C=O) groups excluding carboxylic acids is 3. The van der Waals surface area contributed by atoms with Gasteiger partial charge in [0.25, 0.3) is 5.56 Å². The molecule has 12 heteroatoms. The summed E-state index contributed by atoms with van der Waals surface area (Å²) in [5, 5.41) is 0. The number of nitrogens with two attached hydrogens (primary N) is 1. The van der Waals surface area contributed by atoms with E-state index in [2.05, 4.69) is 9.72 Å². The van der Waals surface area contributed by atoms with Gasteiger partial charge in [0.05, 0.1) is 7.11 Å². The summed E-state index contributed by atoms with van der Waals surface area (Å²) in [7, 11) is 1.11. The fraction of sp³-hybridized carbons (Fsp3) is 0.562. The molecule has 1 aromatic rings. The van der Waals surface area contributed by atoms with Crippen molar-refractivity contribution in [2.45, 2.75) is 51.4 Å². The minimum absolute atomic E-state index is 0.175. The Hall–Kier alpha value is -2.99. The summed E-state index contributed by atoms with van der Waals surface area (Å²) in [5.41, 5.74) is 4.56.